The van der Waals surface area contributed by atoms with E-state index in [4.69, 9.17) is 0 Å². The molecule has 0 aromatic heterocycles. The van der Waals surface area contributed by atoms with Crippen LogP contribution in [-0.2, 0) is 4.79 Å². The molecule has 1 saturated heterocycles. The van der Waals surface area contributed by atoms with Crippen LogP contribution < -0.4 is 10.6 Å². The third-order valence-corrected chi connectivity index (χ3v) is 3.46. The lowest BCUT2D eigenvalue weighted by Gasteiger charge is -2.32. The zero-order valence-corrected chi connectivity index (χ0v) is 12.0. The summed E-state index contributed by atoms with van der Waals surface area (Å²) in [5.74, 6) is -0.0970. The van der Waals surface area contributed by atoms with Crippen LogP contribution >= 0.6 is 12.4 Å². The molecular formula is C13H18ClN3O3. The lowest BCUT2D eigenvalue weighted by molar-refractivity contribution is -0.384. The van der Waals surface area contributed by atoms with Crippen molar-refractivity contribution in [1.82, 2.24) is 5.32 Å². The van der Waals surface area contributed by atoms with Gasteiger partial charge in [0.25, 0.3) is 5.69 Å². The Bertz CT molecular complexity index is 501. The molecule has 110 valence electrons. The second-order valence-corrected chi connectivity index (χ2v) is 5.10. The first-order valence-corrected chi connectivity index (χ1v) is 6.28. The van der Waals surface area contributed by atoms with Crippen molar-refractivity contribution in [3.8, 4) is 0 Å². The Morgan fingerprint density at radius 2 is 2.25 bits per heavy atom. The Kier molecular flexibility index (Phi) is 5.47. The van der Waals surface area contributed by atoms with E-state index in [2.05, 4.69) is 10.6 Å². The van der Waals surface area contributed by atoms with Crippen LogP contribution in [0.15, 0.2) is 24.3 Å². The first-order chi connectivity index (χ1) is 9.01. The van der Waals surface area contributed by atoms with Crippen LogP contribution in [0.5, 0.6) is 0 Å². The highest BCUT2D eigenvalue weighted by atomic mass is 35.5. The van der Waals surface area contributed by atoms with Gasteiger partial charge in [-0.1, -0.05) is 6.07 Å². The number of nitrogens with zero attached hydrogens (tertiary/aromatic N) is 1. The molecule has 1 atom stereocenters. The van der Waals surface area contributed by atoms with E-state index in [0.29, 0.717) is 12.2 Å². The molecule has 0 aliphatic carbocycles. The fourth-order valence-electron chi connectivity index (χ4n) is 2.23. The largest absolute Gasteiger partial charge is 0.325 e. The monoisotopic (exact) mass is 299 g/mol. The highest BCUT2D eigenvalue weighted by molar-refractivity contribution is 5.95. The van der Waals surface area contributed by atoms with Crippen molar-refractivity contribution in [1.29, 1.82) is 0 Å². The molecular weight excluding hydrogens is 282 g/mol. The summed E-state index contributed by atoms with van der Waals surface area (Å²) in [5, 5.41) is 16.7. The van der Waals surface area contributed by atoms with Crippen LogP contribution in [0.4, 0.5) is 11.4 Å². The van der Waals surface area contributed by atoms with Gasteiger partial charge in [-0.05, 0) is 32.4 Å². The van der Waals surface area contributed by atoms with E-state index in [1.165, 1.54) is 12.1 Å². The van der Waals surface area contributed by atoms with Crippen LogP contribution in [0.2, 0.25) is 0 Å². The summed E-state index contributed by atoms with van der Waals surface area (Å²) in [6.07, 6.45) is 1.78. The van der Waals surface area contributed by atoms with Crippen molar-refractivity contribution < 1.29 is 9.72 Å². The molecule has 1 heterocycles. The molecule has 1 aromatic carbocycles. The average Bonchev–Trinajstić information content (AvgIpc) is 2.40. The molecule has 1 fully saturated rings. The molecule has 0 bridgehead atoms. The summed E-state index contributed by atoms with van der Waals surface area (Å²) in [6, 6.07) is 6.00. The van der Waals surface area contributed by atoms with Crippen molar-refractivity contribution in [3.05, 3.63) is 34.4 Å². The number of amides is 1. The number of carbonyl (C=O) groups is 1. The maximum absolute atomic E-state index is 12.2. The number of benzene rings is 1. The molecule has 2 rings (SSSR count). The molecule has 20 heavy (non-hydrogen) atoms. The number of hydrogen-bond acceptors (Lipinski definition) is 4. The number of non-ortho nitro benzene ring substituents is 1. The number of nitrogens with one attached hydrogen (secondary N) is 2. The van der Waals surface area contributed by atoms with Crippen LogP contribution in [-0.4, -0.2) is 23.9 Å². The summed E-state index contributed by atoms with van der Waals surface area (Å²) < 4.78 is 0. The lowest BCUT2D eigenvalue weighted by atomic mass is 9.82. The SMILES string of the molecule is CC1(C(=O)Nc2cccc([N+](=O)[O-])c2)CCCNC1.Cl. The van der Waals surface area contributed by atoms with Crippen LogP contribution in [0, 0.1) is 15.5 Å². The topological polar surface area (TPSA) is 84.3 Å². The Hall–Kier alpha value is -1.66. The van der Waals surface area contributed by atoms with Gasteiger partial charge in [-0.25, -0.2) is 0 Å². The molecule has 2 N–H and O–H groups in total. The van der Waals surface area contributed by atoms with Crippen molar-refractivity contribution in [2.24, 2.45) is 5.41 Å². The number of hydrogen-bond donors (Lipinski definition) is 2. The smallest absolute Gasteiger partial charge is 0.271 e. The molecule has 0 saturated carbocycles. The van der Waals surface area contributed by atoms with E-state index in [9.17, 15) is 14.9 Å². The Morgan fingerprint density at radius 1 is 1.50 bits per heavy atom. The van der Waals surface area contributed by atoms with E-state index < -0.39 is 10.3 Å². The van der Waals surface area contributed by atoms with Gasteiger partial charge in [-0.15, -0.1) is 12.4 Å². The van der Waals surface area contributed by atoms with Gasteiger partial charge in [0.05, 0.1) is 10.3 Å². The molecule has 1 amide bonds. The quantitative estimate of drug-likeness (QED) is 0.663. The van der Waals surface area contributed by atoms with Crippen LogP contribution in [0.3, 0.4) is 0 Å². The number of anilines is 1. The number of rotatable bonds is 3. The Labute approximate surface area is 123 Å². The first kappa shape index (κ1) is 16.4. The lowest BCUT2D eigenvalue weighted by Crippen LogP contribution is -2.46. The summed E-state index contributed by atoms with van der Waals surface area (Å²) in [5.41, 5.74) is -0.0150. The van der Waals surface area contributed by atoms with Crippen molar-refractivity contribution >= 4 is 29.7 Å². The number of carbonyl (C=O) groups excluding carboxylic acids is 1. The predicted octanol–water partition coefficient (Wildman–Crippen LogP) is 2.34. The summed E-state index contributed by atoms with van der Waals surface area (Å²) >= 11 is 0. The third-order valence-electron chi connectivity index (χ3n) is 3.46. The molecule has 1 aliphatic heterocycles. The Morgan fingerprint density at radius 3 is 2.85 bits per heavy atom. The Balaban J connectivity index is 0.00000200. The van der Waals surface area contributed by atoms with Crippen molar-refractivity contribution in [2.75, 3.05) is 18.4 Å². The predicted molar refractivity (Wildman–Crippen MR) is 79.2 cm³/mol. The normalized spacial score (nSPS) is 21.6. The molecule has 1 unspecified atom stereocenters. The number of nitro benzene ring substituents is 1. The maximum Gasteiger partial charge on any atom is 0.271 e. The molecule has 6 nitrogen and oxygen atoms in total. The van der Waals surface area contributed by atoms with Crippen LogP contribution in [0.1, 0.15) is 19.8 Å². The zero-order valence-electron chi connectivity index (χ0n) is 11.2. The van der Waals surface area contributed by atoms with E-state index in [-0.39, 0.29) is 24.0 Å². The van der Waals surface area contributed by atoms with Gasteiger partial charge in [0.2, 0.25) is 5.91 Å². The van der Waals surface area contributed by atoms with E-state index in [1.807, 2.05) is 6.92 Å². The van der Waals surface area contributed by atoms with Gasteiger partial charge >= 0.3 is 0 Å². The van der Waals surface area contributed by atoms with Gasteiger partial charge in [-0.3, -0.25) is 14.9 Å². The number of piperidine rings is 1. The number of halogens is 1. The van der Waals surface area contributed by atoms with Crippen molar-refractivity contribution in [2.45, 2.75) is 19.8 Å². The van der Waals surface area contributed by atoms with E-state index in [1.54, 1.807) is 12.1 Å². The van der Waals surface area contributed by atoms with Crippen molar-refractivity contribution in [3.63, 3.8) is 0 Å². The van der Waals surface area contributed by atoms with Gasteiger partial charge in [0, 0.05) is 24.4 Å². The van der Waals surface area contributed by atoms with Gasteiger partial charge < -0.3 is 10.6 Å². The molecule has 7 heteroatoms. The third kappa shape index (κ3) is 3.68. The van der Waals surface area contributed by atoms with Gasteiger partial charge in [-0.2, -0.15) is 0 Å². The minimum absolute atomic E-state index is 0. The minimum Gasteiger partial charge on any atom is -0.325 e. The summed E-state index contributed by atoms with van der Waals surface area (Å²) in [4.78, 5) is 22.5. The highest BCUT2D eigenvalue weighted by Gasteiger charge is 2.34. The second-order valence-electron chi connectivity index (χ2n) is 5.10. The average molecular weight is 300 g/mol. The zero-order chi connectivity index (χ0) is 13.9. The summed E-state index contributed by atoms with van der Waals surface area (Å²) in [7, 11) is 0. The van der Waals surface area contributed by atoms with Crippen LogP contribution in [0.25, 0.3) is 0 Å². The fraction of sp³-hybridized carbons (Fsp3) is 0.462. The van der Waals surface area contributed by atoms with E-state index >= 15 is 0 Å². The first-order valence-electron chi connectivity index (χ1n) is 6.28. The van der Waals surface area contributed by atoms with Gasteiger partial charge in [0.15, 0.2) is 0 Å². The fourth-order valence-corrected chi connectivity index (χ4v) is 2.23. The highest BCUT2D eigenvalue weighted by Crippen LogP contribution is 2.27. The summed E-state index contributed by atoms with van der Waals surface area (Å²) in [6.45, 7) is 3.47. The molecule has 0 radical (unpaired) electrons. The number of nitro groups is 1. The maximum atomic E-state index is 12.2. The minimum atomic E-state index is -0.473. The molecule has 0 spiro atoms. The molecule has 1 aromatic rings. The second kappa shape index (κ2) is 6.67. The standard InChI is InChI=1S/C13H17N3O3.ClH/c1-13(6-3-7-14-9-13)12(17)15-10-4-2-5-11(8-10)16(18)19;/h2,4-5,8,14H,3,6-7,9H2,1H3,(H,15,17);1H. The molecule has 1 aliphatic rings. The van der Waals surface area contributed by atoms with E-state index in [0.717, 1.165) is 19.4 Å². The van der Waals surface area contributed by atoms with Gasteiger partial charge in [0.1, 0.15) is 0 Å².